The molecule has 0 aliphatic rings. The summed E-state index contributed by atoms with van der Waals surface area (Å²) in [7, 11) is -2.54. The first-order chi connectivity index (χ1) is 9.82. The number of carbonyl (C=O) groups is 2. The second-order valence-electron chi connectivity index (χ2n) is 3.96. The number of carboxylic acids is 1. The van der Waals surface area contributed by atoms with Gasteiger partial charge in [-0.1, -0.05) is 6.07 Å². The van der Waals surface area contributed by atoms with E-state index in [0.717, 1.165) is 0 Å². The van der Waals surface area contributed by atoms with Crippen molar-refractivity contribution in [1.29, 1.82) is 0 Å². The number of anilines is 1. The SMILES string of the molecule is COC(=O)CCS(=O)(=O)Nc1cccc(OCC(=O)O)c1. The van der Waals surface area contributed by atoms with Gasteiger partial charge in [0.15, 0.2) is 6.61 Å². The Kier molecular flexibility index (Phi) is 5.97. The van der Waals surface area contributed by atoms with Crippen molar-refractivity contribution in [3.05, 3.63) is 24.3 Å². The van der Waals surface area contributed by atoms with Gasteiger partial charge >= 0.3 is 11.9 Å². The molecule has 0 aliphatic carbocycles. The summed E-state index contributed by atoms with van der Waals surface area (Å²) in [5.74, 6) is -1.97. The minimum absolute atomic E-state index is 0.211. The Morgan fingerprint density at radius 1 is 1.33 bits per heavy atom. The predicted molar refractivity (Wildman–Crippen MR) is 73.6 cm³/mol. The second kappa shape index (κ2) is 7.48. The van der Waals surface area contributed by atoms with Gasteiger partial charge < -0.3 is 14.6 Å². The molecule has 0 atom stereocenters. The average molecular weight is 317 g/mol. The molecule has 0 spiro atoms. The lowest BCUT2D eigenvalue weighted by Crippen LogP contribution is -2.19. The zero-order valence-electron chi connectivity index (χ0n) is 11.2. The fourth-order valence-electron chi connectivity index (χ4n) is 1.34. The van der Waals surface area contributed by atoms with E-state index in [-0.39, 0.29) is 17.9 Å². The fraction of sp³-hybridized carbons (Fsp3) is 0.333. The molecule has 1 aromatic carbocycles. The molecule has 9 heteroatoms. The summed E-state index contributed by atoms with van der Waals surface area (Å²) in [6.45, 7) is -0.529. The van der Waals surface area contributed by atoms with Crippen LogP contribution in [0.2, 0.25) is 0 Å². The van der Waals surface area contributed by atoms with Gasteiger partial charge in [0.1, 0.15) is 5.75 Å². The van der Waals surface area contributed by atoms with E-state index in [0.29, 0.717) is 0 Å². The molecule has 0 unspecified atom stereocenters. The van der Waals surface area contributed by atoms with Crippen molar-refractivity contribution in [1.82, 2.24) is 0 Å². The average Bonchev–Trinajstić information content (AvgIpc) is 2.42. The molecule has 0 bridgehead atoms. The van der Waals surface area contributed by atoms with Crippen LogP contribution in [0, 0.1) is 0 Å². The fourth-order valence-corrected chi connectivity index (χ4v) is 2.37. The van der Waals surface area contributed by atoms with Gasteiger partial charge in [-0.05, 0) is 12.1 Å². The highest BCUT2D eigenvalue weighted by atomic mass is 32.2. The topological polar surface area (TPSA) is 119 Å². The molecular formula is C12H15NO7S. The number of esters is 1. The second-order valence-corrected chi connectivity index (χ2v) is 5.80. The van der Waals surface area contributed by atoms with Gasteiger partial charge in [-0.15, -0.1) is 0 Å². The zero-order valence-corrected chi connectivity index (χ0v) is 12.1. The van der Waals surface area contributed by atoms with Crippen molar-refractivity contribution in [3.8, 4) is 5.75 Å². The van der Waals surface area contributed by atoms with E-state index in [2.05, 4.69) is 9.46 Å². The van der Waals surface area contributed by atoms with Crippen LogP contribution < -0.4 is 9.46 Å². The van der Waals surface area contributed by atoms with Gasteiger partial charge in [0, 0.05) is 6.07 Å². The van der Waals surface area contributed by atoms with Gasteiger partial charge in [-0.3, -0.25) is 9.52 Å². The Balaban J connectivity index is 2.67. The van der Waals surface area contributed by atoms with Crippen LogP contribution in [-0.2, 0) is 24.3 Å². The largest absolute Gasteiger partial charge is 0.482 e. The highest BCUT2D eigenvalue weighted by Crippen LogP contribution is 2.18. The zero-order chi connectivity index (χ0) is 15.9. The molecule has 0 heterocycles. The number of benzene rings is 1. The molecule has 0 radical (unpaired) electrons. The van der Waals surface area contributed by atoms with E-state index in [4.69, 9.17) is 9.84 Å². The van der Waals surface area contributed by atoms with E-state index in [9.17, 15) is 18.0 Å². The number of hydrogen-bond acceptors (Lipinski definition) is 6. The van der Waals surface area contributed by atoms with Gasteiger partial charge in [0.25, 0.3) is 0 Å². The first kappa shape index (κ1) is 16.8. The standard InChI is InChI=1S/C12H15NO7S/c1-19-12(16)5-6-21(17,18)13-9-3-2-4-10(7-9)20-8-11(14)15/h2-4,7,13H,5-6,8H2,1H3,(H,14,15). The first-order valence-electron chi connectivity index (χ1n) is 5.84. The third kappa shape index (κ3) is 6.61. The molecule has 0 saturated carbocycles. The number of rotatable bonds is 8. The quantitative estimate of drug-likeness (QED) is 0.668. The van der Waals surface area contributed by atoms with Crippen LogP contribution in [0.15, 0.2) is 24.3 Å². The van der Waals surface area contributed by atoms with Gasteiger partial charge in [-0.2, -0.15) is 0 Å². The summed E-state index contributed by atoms with van der Waals surface area (Å²) in [4.78, 5) is 21.3. The summed E-state index contributed by atoms with van der Waals surface area (Å²) in [5.41, 5.74) is 0.211. The van der Waals surface area contributed by atoms with Crippen LogP contribution in [-0.4, -0.2) is 44.9 Å². The van der Waals surface area contributed by atoms with Crippen LogP contribution in [0.4, 0.5) is 5.69 Å². The van der Waals surface area contributed by atoms with Gasteiger partial charge in [0.05, 0.1) is 25.0 Å². The number of sulfonamides is 1. The van der Waals surface area contributed by atoms with E-state index in [1.165, 1.54) is 31.4 Å². The Labute approximate surface area is 121 Å². The first-order valence-corrected chi connectivity index (χ1v) is 7.49. The van der Waals surface area contributed by atoms with Crippen molar-refractivity contribution < 1.29 is 32.6 Å². The smallest absolute Gasteiger partial charge is 0.341 e. The molecule has 0 aromatic heterocycles. The van der Waals surface area contributed by atoms with Crippen molar-refractivity contribution in [2.75, 3.05) is 24.2 Å². The third-order valence-corrected chi connectivity index (χ3v) is 3.56. The lowest BCUT2D eigenvalue weighted by Gasteiger charge is -2.09. The monoisotopic (exact) mass is 317 g/mol. The normalized spacial score (nSPS) is 10.7. The summed E-state index contributed by atoms with van der Waals surface area (Å²) >= 11 is 0. The Morgan fingerprint density at radius 2 is 2.05 bits per heavy atom. The maximum absolute atomic E-state index is 11.7. The van der Waals surface area contributed by atoms with E-state index < -0.39 is 34.3 Å². The number of carboxylic acid groups (broad SMARTS) is 1. The highest BCUT2D eigenvalue weighted by molar-refractivity contribution is 7.92. The van der Waals surface area contributed by atoms with Crippen molar-refractivity contribution >= 4 is 27.6 Å². The van der Waals surface area contributed by atoms with Crippen molar-refractivity contribution in [3.63, 3.8) is 0 Å². The molecule has 21 heavy (non-hydrogen) atoms. The number of hydrogen-bond donors (Lipinski definition) is 2. The minimum Gasteiger partial charge on any atom is -0.482 e. The molecular weight excluding hydrogens is 302 g/mol. The van der Waals surface area contributed by atoms with Crippen molar-refractivity contribution in [2.45, 2.75) is 6.42 Å². The minimum atomic E-state index is -3.71. The van der Waals surface area contributed by atoms with Crippen LogP contribution in [0.5, 0.6) is 5.75 Å². The highest BCUT2D eigenvalue weighted by Gasteiger charge is 2.14. The number of aliphatic carboxylic acids is 1. The molecule has 2 N–H and O–H groups in total. The molecule has 116 valence electrons. The van der Waals surface area contributed by atoms with E-state index in [1.807, 2.05) is 0 Å². The predicted octanol–water partition coefficient (Wildman–Crippen LogP) is 0.455. The summed E-state index contributed by atoms with van der Waals surface area (Å²) < 4.78 is 35.0. The van der Waals surface area contributed by atoms with Crippen LogP contribution in [0.25, 0.3) is 0 Å². The molecule has 0 fully saturated rings. The maximum atomic E-state index is 11.7. The number of carbonyl (C=O) groups excluding carboxylic acids is 1. The number of ether oxygens (including phenoxy) is 2. The molecule has 1 rings (SSSR count). The summed E-state index contributed by atoms with van der Waals surface area (Å²) in [6, 6.07) is 5.83. The van der Waals surface area contributed by atoms with Crippen LogP contribution in [0.1, 0.15) is 6.42 Å². The third-order valence-electron chi connectivity index (χ3n) is 2.27. The maximum Gasteiger partial charge on any atom is 0.341 e. The van der Waals surface area contributed by atoms with Gasteiger partial charge in [-0.25, -0.2) is 13.2 Å². The summed E-state index contributed by atoms with van der Waals surface area (Å²) in [5, 5.41) is 8.50. The molecule has 0 aliphatic heterocycles. The number of methoxy groups -OCH3 is 1. The van der Waals surface area contributed by atoms with Crippen LogP contribution >= 0.6 is 0 Å². The van der Waals surface area contributed by atoms with Crippen LogP contribution in [0.3, 0.4) is 0 Å². The lowest BCUT2D eigenvalue weighted by atomic mass is 10.3. The molecule has 0 saturated heterocycles. The van der Waals surface area contributed by atoms with E-state index in [1.54, 1.807) is 0 Å². The Bertz CT molecular complexity index is 612. The Hall–Kier alpha value is -2.29. The molecule has 8 nitrogen and oxygen atoms in total. The van der Waals surface area contributed by atoms with Gasteiger partial charge in [0.2, 0.25) is 10.0 Å². The van der Waals surface area contributed by atoms with E-state index >= 15 is 0 Å². The molecule has 0 amide bonds. The summed E-state index contributed by atoms with van der Waals surface area (Å²) in [6.07, 6.45) is -0.263. The lowest BCUT2D eigenvalue weighted by molar-refractivity contribution is -0.140. The molecule has 1 aromatic rings. The van der Waals surface area contributed by atoms with Crippen molar-refractivity contribution in [2.24, 2.45) is 0 Å². The number of nitrogens with one attached hydrogen (secondary N) is 1. The Morgan fingerprint density at radius 3 is 2.67 bits per heavy atom.